The summed E-state index contributed by atoms with van der Waals surface area (Å²) < 4.78 is 200. The molecule has 0 amide bonds. The molecule has 0 aliphatic carbocycles. The standard InChI is InChI=1S/C61H133N2O24Si16/c1-48(2)31-88-64-90(33-50(5)6)70-96(39-56(17)18)72-91(65-88,34-51(7)8)74-98(41-58(21)22)75-92(66-88,35-52(9)10)73-97(71-90,40-57(19)20)83-102(82-96,84-98)46-62-29-30-63(45-62)47-103-85-99(42-59(23)24)76-93(36-53(11)12)67-89(32-49(3)4)68-94(78-99,37-54(13)14)80-101(87-103,44-61(27)28)81-95(69-89,38-55(15)16)79-100(77-93,86-103)43-60(25)26/h29-30,45,48-61H,31-44,46-47H2,1-28H3/q+1. The van der Waals surface area contributed by atoms with Crippen molar-refractivity contribution in [2.75, 3.05) is 0 Å². The van der Waals surface area contributed by atoms with Crippen LogP contribution in [0.15, 0.2) is 18.7 Å². The third-order valence-corrected chi connectivity index (χ3v) is 97.8. The predicted octanol–water partition coefficient (Wildman–Crippen LogP) is 14.6. The molecular weight excluding hydrogens is 1590 g/mol. The van der Waals surface area contributed by atoms with Crippen LogP contribution in [-0.2, 0) is 111 Å². The van der Waals surface area contributed by atoms with Gasteiger partial charge in [-0.05, 0) is 82.9 Å². The van der Waals surface area contributed by atoms with Gasteiger partial charge in [0.15, 0.2) is 12.3 Å². The summed E-state index contributed by atoms with van der Waals surface area (Å²) in [5.41, 5.74) is 0. The van der Waals surface area contributed by atoms with Gasteiger partial charge < -0.3 is 98.8 Å². The van der Waals surface area contributed by atoms with Crippen molar-refractivity contribution in [2.24, 2.45) is 82.9 Å². The molecule has 12 aliphatic rings. The zero-order valence-electron chi connectivity index (χ0n) is 67.8. The summed E-state index contributed by atoms with van der Waals surface area (Å²) in [6, 6.07) is 5.29. The molecule has 0 saturated carbocycles. The Balaban J connectivity index is 1.15. The second-order valence-corrected chi connectivity index (χ2v) is 85.3. The second-order valence-electron chi connectivity index (χ2n) is 37.5. The quantitative estimate of drug-likeness (QED) is 0.0482. The van der Waals surface area contributed by atoms with Crippen LogP contribution in [0.5, 0.6) is 0 Å². The van der Waals surface area contributed by atoms with Gasteiger partial charge in [-0.15, -0.1) is 0 Å². The molecule has 103 heavy (non-hydrogen) atoms. The molecule has 0 aromatic carbocycles. The van der Waals surface area contributed by atoms with E-state index < -0.39 is 141 Å². The normalized spacial score (nSPS) is 42.3. The van der Waals surface area contributed by atoms with Crippen molar-refractivity contribution < 1.29 is 103 Å². The van der Waals surface area contributed by atoms with Gasteiger partial charge >= 0.3 is 141 Å². The Kier molecular flexibility index (Phi) is 25.5. The van der Waals surface area contributed by atoms with Crippen LogP contribution in [0, 0.1) is 82.9 Å². The van der Waals surface area contributed by atoms with Gasteiger partial charge in [-0.3, -0.25) is 0 Å². The van der Waals surface area contributed by atoms with Gasteiger partial charge in [0.1, 0.15) is 12.4 Å². The number of imidazole rings is 1. The van der Waals surface area contributed by atoms with Gasteiger partial charge in [-0.25, -0.2) is 9.13 Å². The lowest BCUT2D eigenvalue weighted by Gasteiger charge is -2.63. The number of hydrogen-bond acceptors (Lipinski definition) is 24. The molecular formula is C61H133N2O24Si16+. The van der Waals surface area contributed by atoms with Crippen LogP contribution in [0.4, 0.5) is 0 Å². The zero-order valence-corrected chi connectivity index (χ0v) is 83.8. The zero-order chi connectivity index (χ0) is 75.6. The number of rotatable bonds is 32. The molecule has 13 rings (SSSR count). The van der Waals surface area contributed by atoms with Gasteiger partial charge in [0.05, 0.1) is 0 Å². The van der Waals surface area contributed by atoms with Crippen molar-refractivity contribution in [2.45, 2.75) is 291 Å². The molecule has 0 N–H and O–H groups in total. The van der Waals surface area contributed by atoms with Gasteiger partial charge in [0.25, 0.3) is 0 Å². The highest BCUT2D eigenvalue weighted by molar-refractivity contribution is 7.05. The fourth-order valence-corrected chi connectivity index (χ4v) is 119. The highest BCUT2D eigenvalue weighted by atomic mass is 28.6. The van der Waals surface area contributed by atoms with Gasteiger partial charge in [-0.2, -0.15) is 0 Å². The first-order chi connectivity index (χ1) is 47.5. The lowest BCUT2D eigenvalue weighted by molar-refractivity contribution is -0.684. The Morgan fingerprint density at radius 3 is 0.456 bits per heavy atom. The minimum Gasteiger partial charge on any atom is -0.373 e. The van der Waals surface area contributed by atoms with Crippen molar-refractivity contribution in [3.05, 3.63) is 18.7 Å². The average molecular weight is 1730 g/mol. The number of nitrogens with zero attached hydrogens (tertiary/aromatic N) is 2. The van der Waals surface area contributed by atoms with Crippen LogP contribution in [0.25, 0.3) is 0 Å². The first-order valence-corrected chi connectivity index (χ1v) is 70.2. The van der Waals surface area contributed by atoms with E-state index in [1.807, 2.05) is 18.7 Å². The second kappa shape index (κ2) is 30.7. The maximum Gasteiger partial charge on any atom is 0.523 e. The summed E-state index contributed by atoms with van der Waals surface area (Å²) in [5, 5.41) is 0. The topological polar surface area (TPSA) is 230 Å². The van der Waals surface area contributed by atoms with E-state index in [0.717, 1.165) is 0 Å². The van der Waals surface area contributed by atoms with Crippen LogP contribution in [0.2, 0.25) is 84.6 Å². The summed E-state index contributed by atoms with van der Waals surface area (Å²) in [6.45, 7) is 60.7. The summed E-state index contributed by atoms with van der Waals surface area (Å²) >= 11 is 0. The molecule has 0 unspecified atom stereocenters. The van der Waals surface area contributed by atoms with Crippen molar-refractivity contribution in [1.29, 1.82) is 0 Å². The molecule has 13 heterocycles. The third-order valence-electron chi connectivity index (χ3n) is 18.2. The average Bonchev–Trinajstić information content (AvgIpc) is 0.954. The Morgan fingerprint density at radius 1 is 0.194 bits per heavy atom. The van der Waals surface area contributed by atoms with Crippen molar-refractivity contribution in [3.63, 3.8) is 0 Å². The Bertz CT molecular complexity index is 2590. The molecule has 42 heteroatoms. The molecule has 1 aromatic rings. The molecule has 0 atom stereocenters. The molecule has 12 saturated heterocycles. The third kappa shape index (κ3) is 19.5. The number of hydrogen-bond donors (Lipinski definition) is 0. The van der Waals surface area contributed by atoms with E-state index in [2.05, 4.69) is 203 Å². The molecule has 12 aliphatic heterocycles. The summed E-state index contributed by atoms with van der Waals surface area (Å²) in [7, 11) is -68.4. The van der Waals surface area contributed by atoms with Crippen molar-refractivity contribution >= 4 is 141 Å². The summed E-state index contributed by atoms with van der Waals surface area (Å²) in [6.07, 6.45) is 6.07. The SMILES string of the molecule is CC(C)C[Si]12O[Si]3(CC(C)C)O[Si]4(CC(C)C)O[Si](CC(C)C)(O1)O[Si]1(CC(C)C)O[Si](CC(C)C)(O2)O[Si](CC(C)C)(O3)O[Si](Cn2cc[n+](C[Si]35O[Si]6(CC(C)C)O[Si]7(CC(C)C)O[Si]8(CC(C)C)O[Si](CC(C)C)(O6)O[Si](CC(C)C)(O[Si](CC(C)C)(O8)O[Si](CC(C)C)(O7)O3)O5)c2)(O4)O1. The molecule has 1 aromatic heterocycles. The molecule has 12 fully saturated rings. The fraction of sp³-hybridized carbons (Fsp3) is 0.951. The van der Waals surface area contributed by atoms with Gasteiger partial charge in [-0.1, -0.05) is 194 Å². The highest BCUT2D eigenvalue weighted by Crippen LogP contribution is 2.59. The van der Waals surface area contributed by atoms with Crippen LogP contribution in [0.1, 0.15) is 194 Å². The Labute approximate surface area is 636 Å². The van der Waals surface area contributed by atoms with E-state index in [9.17, 15) is 0 Å². The van der Waals surface area contributed by atoms with Crippen molar-refractivity contribution in [1.82, 2.24) is 4.57 Å². The van der Waals surface area contributed by atoms with Crippen LogP contribution in [-0.4, -0.2) is 145 Å². The maximum atomic E-state index is 8.31. The van der Waals surface area contributed by atoms with E-state index in [-0.39, 0.29) is 95.2 Å². The minimum atomic E-state index is -4.59. The highest BCUT2D eigenvalue weighted by Gasteiger charge is 2.87. The Hall–Kier alpha value is 1.72. The molecule has 594 valence electrons. The smallest absolute Gasteiger partial charge is 0.373 e. The van der Waals surface area contributed by atoms with E-state index >= 15 is 0 Å². The van der Waals surface area contributed by atoms with Crippen LogP contribution in [0.3, 0.4) is 0 Å². The molecule has 0 radical (unpaired) electrons. The van der Waals surface area contributed by atoms with E-state index in [4.69, 9.17) is 98.8 Å². The van der Waals surface area contributed by atoms with Crippen LogP contribution >= 0.6 is 0 Å². The summed E-state index contributed by atoms with van der Waals surface area (Å²) in [5.74, 6) is 0.0164. The van der Waals surface area contributed by atoms with E-state index in [1.54, 1.807) is 0 Å². The minimum absolute atomic E-state index is 0.0133. The lowest BCUT2D eigenvalue weighted by atomic mass is 10.3. The first kappa shape index (κ1) is 85.6. The number of aromatic nitrogens is 2. The molecule has 26 nitrogen and oxygen atoms in total. The fourth-order valence-electron chi connectivity index (χ4n) is 16.7. The maximum absolute atomic E-state index is 8.31. The first-order valence-electron chi connectivity index (χ1n) is 39.3. The van der Waals surface area contributed by atoms with E-state index in [0.29, 0.717) is 84.6 Å². The predicted molar refractivity (Wildman–Crippen MR) is 418 cm³/mol. The molecule has 0 spiro atoms. The Morgan fingerprint density at radius 2 is 0.320 bits per heavy atom. The van der Waals surface area contributed by atoms with Gasteiger partial charge in [0.2, 0.25) is 6.33 Å². The lowest BCUT2D eigenvalue weighted by Crippen LogP contribution is -2.89. The van der Waals surface area contributed by atoms with Crippen molar-refractivity contribution in [3.8, 4) is 0 Å². The summed E-state index contributed by atoms with van der Waals surface area (Å²) in [4.78, 5) is 0. The van der Waals surface area contributed by atoms with Gasteiger partial charge in [0, 0.05) is 84.6 Å². The largest absolute Gasteiger partial charge is 0.523 e. The molecule has 16 bridgehead atoms. The van der Waals surface area contributed by atoms with Crippen LogP contribution < -0.4 is 4.57 Å². The van der Waals surface area contributed by atoms with E-state index in [1.165, 1.54) is 0 Å². The monoisotopic (exact) mass is 1730 g/mol.